The zero-order valence-electron chi connectivity index (χ0n) is 26.1. The van der Waals surface area contributed by atoms with E-state index in [2.05, 4.69) is 6.92 Å². The summed E-state index contributed by atoms with van der Waals surface area (Å²) in [6, 6.07) is 1.91. The predicted octanol–water partition coefficient (Wildman–Crippen LogP) is 2.49. The summed E-state index contributed by atoms with van der Waals surface area (Å²) in [4.78, 5) is 40.2. The van der Waals surface area contributed by atoms with E-state index in [9.17, 15) is 29.7 Å². The van der Waals surface area contributed by atoms with E-state index in [1.165, 1.54) is 6.92 Å². The summed E-state index contributed by atoms with van der Waals surface area (Å²) in [6.45, 7) is 10.3. The van der Waals surface area contributed by atoms with E-state index in [0.717, 1.165) is 5.56 Å². The van der Waals surface area contributed by atoms with Crippen molar-refractivity contribution < 1.29 is 53.1 Å². The fraction of sp³-hybridized carbons (Fsp3) is 0.788. The number of hydrogen-bond acceptors (Lipinski definition) is 11. The SMILES string of the molecule is CC[C@@H](C)C(=O)O[C@H]1OC[C@@]23[C@H]4C(=O)C[C@@]5(C)[C@H](c6ccoc6)C[C@H]6O[C@]65[C@]4(C)[C@H](O)C[C@H]2[C@]1(C)[C@H](OC(C)=O)[C@H](O)[C@@H]3O. The first-order valence-corrected chi connectivity index (χ1v) is 15.9. The van der Waals surface area contributed by atoms with Gasteiger partial charge in [-0.3, -0.25) is 14.4 Å². The molecule has 0 unspecified atom stereocenters. The fourth-order valence-corrected chi connectivity index (χ4v) is 11.3. The van der Waals surface area contributed by atoms with Gasteiger partial charge in [-0.25, -0.2) is 0 Å². The van der Waals surface area contributed by atoms with Crippen LogP contribution in [-0.2, 0) is 33.3 Å². The van der Waals surface area contributed by atoms with E-state index in [-0.39, 0.29) is 37.3 Å². The summed E-state index contributed by atoms with van der Waals surface area (Å²) < 4.78 is 30.0. The van der Waals surface area contributed by atoms with Crippen LogP contribution in [0.25, 0.3) is 0 Å². The monoisotopic (exact) mass is 616 g/mol. The number of epoxide rings is 1. The molecule has 11 heteroatoms. The van der Waals surface area contributed by atoms with E-state index in [0.29, 0.717) is 12.8 Å². The first-order valence-electron chi connectivity index (χ1n) is 15.9. The Kier molecular flexibility index (Phi) is 6.47. The number of fused-ring (bicyclic) bond motifs is 1. The van der Waals surface area contributed by atoms with Crippen LogP contribution in [0.4, 0.5) is 0 Å². The summed E-state index contributed by atoms with van der Waals surface area (Å²) in [6.07, 6.45) is -2.27. The molecule has 15 atom stereocenters. The highest BCUT2D eigenvalue weighted by atomic mass is 16.7. The van der Waals surface area contributed by atoms with Gasteiger partial charge in [-0.1, -0.05) is 27.7 Å². The average molecular weight is 617 g/mol. The first-order chi connectivity index (χ1) is 20.7. The minimum absolute atomic E-state index is 0.0309. The molecule has 2 bridgehead atoms. The highest BCUT2D eigenvalue weighted by molar-refractivity contribution is 5.87. The van der Waals surface area contributed by atoms with Crippen LogP contribution < -0.4 is 0 Å². The van der Waals surface area contributed by atoms with Crippen LogP contribution in [0.15, 0.2) is 23.0 Å². The second kappa shape index (κ2) is 9.37. The van der Waals surface area contributed by atoms with Crippen molar-refractivity contribution in [3.8, 4) is 0 Å². The Morgan fingerprint density at radius 3 is 2.50 bits per heavy atom. The standard InChI is InChI=1S/C33H44O11/c1-7-15(2)27(39)43-28-30(5)20-11-21(36)31(6)24(32(20,14-41-28)25(38)23(37)26(30)42-16(3)34)19(35)12-29(4)18(17-8-9-40-13-17)10-22-33(29,31)44-22/h8-9,13,15,18,20-26,28,36-38H,7,10-12,14H2,1-6H3/t15-,18+,20+,21-,22-,23-,24+,25+,26-,28-,29+,30-,31-,32+,33-/m1/s1. The number of esters is 2. The Balaban J connectivity index is 1.37. The highest BCUT2D eigenvalue weighted by Crippen LogP contribution is 2.82. The number of hydrogen-bond donors (Lipinski definition) is 3. The Morgan fingerprint density at radius 2 is 1.86 bits per heavy atom. The fourth-order valence-electron chi connectivity index (χ4n) is 11.3. The molecule has 0 amide bonds. The van der Waals surface area contributed by atoms with Crippen LogP contribution in [0.3, 0.4) is 0 Å². The van der Waals surface area contributed by atoms with E-state index in [4.69, 9.17) is 23.4 Å². The second-order valence-electron chi connectivity index (χ2n) is 15.1. The van der Waals surface area contributed by atoms with Gasteiger partial charge in [0.25, 0.3) is 0 Å². The van der Waals surface area contributed by atoms with Gasteiger partial charge in [0, 0.05) is 35.5 Å². The Hall–Kier alpha value is -2.31. The molecule has 0 aromatic carbocycles. The van der Waals surface area contributed by atoms with Gasteiger partial charge in [-0.05, 0) is 49.7 Å². The third-order valence-corrected chi connectivity index (χ3v) is 13.4. The van der Waals surface area contributed by atoms with Crippen molar-refractivity contribution in [1.29, 1.82) is 0 Å². The van der Waals surface area contributed by atoms with Gasteiger partial charge in [0.2, 0.25) is 6.29 Å². The maximum Gasteiger partial charge on any atom is 0.310 e. The predicted molar refractivity (Wildman–Crippen MR) is 151 cm³/mol. The molecule has 242 valence electrons. The molecule has 7 rings (SSSR count). The highest BCUT2D eigenvalue weighted by Gasteiger charge is 2.90. The molecule has 2 aliphatic heterocycles. The first kappa shape index (κ1) is 30.3. The second-order valence-corrected chi connectivity index (χ2v) is 15.1. The molecule has 44 heavy (non-hydrogen) atoms. The lowest BCUT2D eigenvalue weighted by atomic mass is 9.33. The lowest BCUT2D eigenvalue weighted by Gasteiger charge is -2.73. The molecular formula is C33H44O11. The summed E-state index contributed by atoms with van der Waals surface area (Å²) in [7, 11) is 0. The smallest absolute Gasteiger partial charge is 0.310 e. The van der Waals surface area contributed by atoms with Crippen molar-refractivity contribution in [2.75, 3.05) is 6.61 Å². The molecule has 0 radical (unpaired) electrons. The number of rotatable bonds is 5. The molecule has 4 saturated carbocycles. The van der Waals surface area contributed by atoms with Gasteiger partial charge in [0.1, 0.15) is 23.6 Å². The topological polar surface area (TPSA) is 165 Å². The van der Waals surface area contributed by atoms with Gasteiger partial charge in [0.05, 0.1) is 48.8 Å². The average Bonchev–Trinajstić information content (AvgIpc) is 3.34. The van der Waals surface area contributed by atoms with E-state index in [1.54, 1.807) is 26.4 Å². The van der Waals surface area contributed by atoms with Crippen molar-refractivity contribution >= 4 is 17.7 Å². The van der Waals surface area contributed by atoms with Crippen molar-refractivity contribution in [2.24, 2.45) is 39.4 Å². The summed E-state index contributed by atoms with van der Waals surface area (Å²) in [5.41, 5.74) is -4.46. The van der Waals surface area contributed by atoms with Gasteiger partial charge in [-0.2, -0.15) is 0 Å². The number of carbonyl (C=O) groups excluding carboxylic acids is 3. The molecule has 1 spiro atoms. The number of ketones is 1. The molecule has 3 N–H and O–H groups in total. The largest absolute Gasteiger partial charge is 0.472 e. The number of carbonyl (C=O) groups is 3. The quantitative estimate of drug-likeness (QED) is 0.329. The Bertz CT molecular complexity index is 1380. The summed E-state index contributed by atoms with van der Waals surface area (Å²) in [5, 5.41) is 36.2. The molecule has 6 fully saturated rings. The van der Waals surface area contributed by atoms with E-state index in [1.807, 2.05) is 19.9 Å². The minimum atomic E-state index is -1.61. The van der Waals surface area contributed by atoms with Crippen LogP contribution >= 0.6 is 0 Å². The maximum absolute atomic E-state index is 14.7. The lowest BCUT2D eigenvalue weighted by molar-refractivity contribution is -0.389. The van der Waals surface area contributed by atoms with Crippen LogP contribution in [0.2, 0.25) is 0 Å². The minimum Gasteiger partial charge on any atom is -0.472 e. The van der Waals surface area contributed by atoms with E-state index < -0.39 is 87.7 Å². The van der Waals surface area contributed by atoms with Crippen LogP contribution in [0.5, 0.6) is 0 Å². The van der Waals surface area contributed by atoms with Crippen molar-refractivity contribution in [3.63, 3.8) is 0 Å². The normalized spacial score (nSPS) is 52.6. The van der Waals surface area contributed by atoms with E-state index >= 15 is 0 Å². The summed E-state index contributed by atoms with van der Waals surface area (Å²) >= 11 is 0. The molecule has 3 heterocycles. The van der Waals surface area contributed by atoms with Gasteiger partial charge < -0.3 is 38.7 Å². The number of ether oxygens (including phenoxy) is 4. The van der Waals surface area contributed by atoms with Gasteiger partial charge in [-0.15, -0.1) is 0 Å². The van der Waals surface area contributed by atoms with Gasteiger partial charge in [0.15, 0.2) is 0 Å². The summed E-state index contributed by atoms with van der Waals surface area (Å²) in [5.74, 6) is -3.50. The van der Waals surface area contributed by atoms with Crippen LogP contribution in [0, 0.1) is 39.4 Å². The molecule has 6 aliphatic rings. The van der Waals surface area contributed by atoms with Crippen LogP contribution in [0.1, 0.15) is 78.7 Å². The number of aliphatic hydroxyl groups excluding tert-OH is 3. The molecule has 4 aliphatic carbocycles. The maximum atomic E-state index is 14.7. The molecule has 11 nitrogen and oxygen atoms in total. The lowest BCUT2D eigenvalue weighted by Crippen LogP contribution is -2.83. The number of aliphatic hydroxyl groups is 3. The van der Waals surface area contributed by atoms with Gasteiger partial charge >= 0.3 is 11.9 Å². The third-order valence-electron chi connectivity index (χ3n) is 13.4. The van der Waals surface area contributed by atoms with Crippen molar-refractivity contribution in [2.45, 2.75) is 116 Å². The zero-order valence-corrected chi connectivity index (χ0v) is 26.1. The zero-order chi connectivity index (χ0) is 31.8. The Morgan fingerprint density at radius 1 is 1.14 bits per heavy atom. The number of furan rings is 1. The van der Waals surface area contributed by atoms with Crippen molar-refractivity contribution in [3.05, 3.63) is 24.2 Å². The van der Waals surface area contributed by atoms with Crippen LogP contribution in [-0.4, -0.2) is 82.1 Å². The molecule has 1 aromatic heterocycles. The Labute approximate surface area is 256 Å². The molecular weight excluding hydrogens is 572 g/mol. The molecule has 2 saturated heterocycles. The molecule has 1 aromatic rings. The third kappa shape index (κ3) is 3.27. The van der Waals surface area contributed by atoms with Crippen molar-refractivity contribution in [1.82, 2.24) is 0 Å². The number of Topliss-reactive ketones (excluding diaryl/α,β-unsaturated/α-hetero) is 1.